The third-order valence-electron chi connectivity index (χ3n) is 3.93. The Morgan fingerprint density at radius 1 is 1.12 bits per heavy atom. The highest BCUT2D eigenvalue weighted by Crippen LogP contribution is 2.32. The molecule has 2 rings (SSSR count). The van der Waals surface area contributed by atoms with Crippen molar-refractivity contribution in [2.75, 3.05) is 0 Å². The molecule has 1 aliphatic carbocycles. The van der Waals surface area contributed by atoms with Crippen LogP contribution < -0.4 is 5.73 Å². The third kappa shape index (κ3) is 2.65. The minimum Gasteiger partial charge on any atom is -0.324 e. The van der Waals surface area contributed by atoms with Gasteiger partial charge in [0.1, 0.15) is 0 Å². The standard InChI is InChI=1S/C15H23N/c1-2-12-8-10-14(11-9-12)15(16)13-6-4-3-5-7-13/h8-11,13,15H,2-7,16H2,1H3/t15-/m1/s1. The number of hydrogen-bond donors (Lipinski definition) is 1. The molecule has 1 heteroatoms. The lowest BCUT2D eigenvalue weighted by molar-refractivity contribution is 0.308. The van der Waals surface area contributed by atoms with E-state index in [-0.39, 0.29) is 6.04 Å². The van der Waals surface area contributed by atoms with E-state index in [4.69, 9.17) is 5.73 Å². The Morgan fingerprint density at radius 2 is 1.75 bits per heavy atom. The van der Waals surface area contributed by atoms with Gasteiger partial charge in [0, 0.05) is 6.04 Å². The summed E-state index contributed by atoms with van der Waals surface area (Å²) in [4.78, 5) is 0. The number of aryl methyl sites for hydroxylation is 1. The molecule has 1 saturated carbocycles. The summed E-state index contributed by atoms with van der Waals surface area (Å²) in [6.07, 6.45) is 7.88. The average Bonchev–Trinajstić information content (AvgIpc) is 2.39. The first-order chi connectivity index (χ1) is 7.81. The number of nitrogens with two attached hydrogens (primary N) is 1. The molecule has 16 heavy (non-hydrogen) atoms. The minimum atomic E-state index is 0.256. The fourth-order valence-corrected chi connectivity index (χ4v) is 2.74. The molecule has 0 saturated heterocycles. The van der Waals surface area contributed by atoms with Gasteiger partial charge in [-0.1, -0.05) is 50.5 Å². The molecule has 0 bridgehead atoms. The van der Waals surface area contributed by atoms with Crippen molar-refractivity contribution < 1.29 is 0 Å². The molecule has 2 N–H and O–H groups in total. The third-order valence-corrected chi connectivity index (χ3v) is 3.93. The summed E-state index contributed by atoms with van der Waals surface area (Å²) in [7, 11) is 0. The lowest BCUT2D eigenvalue weighted by atomic mass is 9.81. The predicted molar refractivity (Wildman–Crippen MR) is 69.3 cm³/mol. The average molecular weight is 217 g/mol. The smallest absolute Gasteiger partial charge is 0.0323 e. The predicted octanol–water partition coefficient (Wildman–Crippen LogP) is 3.83. The van der Waals surface area contributed by atoms with E-state index < -0.39 is 0 Å². The molecule has 0 unspecified atom stereocenters. The Kier molecular flexibility index (Phi) is 4.00. The van der Waals surface area contributed by atoms with Gasteiger partial charge in [-0.15, -0.1) is 0 Å². The van der Waals surface area contributed by atoms with Crippen molar-refractivity contribution in [1.29, 1.82) is 0 Å². The zero-order chi connectivity index (χ0) is 11.4. The van der Waals surface area contributed by atoms with Gasteiger partial charge < -0.3 is 5.73 Å². The number of rotatable bonds is 3. The van der Waals surface area contributed by atoms with E-state index >= 15 is 0 Å². The summed E-state index contributed by atoms with van der Waals surface area (Å²) in [5, 5.41) is 0. The van der Waals surface area contributed by atoms with E-state index in [2.05, 4.69) is 31.2 Å². The van der Waals surface area contributed by atoms with Crippen LogP contribution >= 0.6 is 0 Å². The Bertz CT molecular complexity index is 309. The Labute approximate surface area is 99.0 Å². The lowest BCUT2D eigenvalue weighted by Crippen LogP contribution is -2.23. The van der Waals surface area contributed by atoms with Crippen LogP contribution in [0.4, 0.5) is 0 Å². The Balaban J connectivity index is 2.04. The van der Waals surface area contributed by atoms with Crippen LogP contribution in [0.3, 0.4) is 0 Å². The van der Waals surface area contributed by atoms with Crippen LogP contribution in [0.1, 0.15) is 56.2 Å². The summed E-state index contributed by atoms with van der Waals surface area (Å²) in [6.45, 7) is 2.19. The van der Waals surface area contributed by atoms with Crippen molar-refractivity contribution in [3.05, 3.63) is 35.4 Å². The minimum absolute atomic E-state index is 0.256. The second-order valence-corrected chi connectivity index (χ2v) is 5.02. The normalized spacial score (nSPS) is 19.6. The van der Waals surface area contributed by atoms with Gasteiger partial charge in [-0.25, -0.2) is 0 Å². The van der Waals surface area contributed by atoms with Gasteiger partial charge in [0.05, 0.1) is 0 Å². The molecule has 88 valence electrons. The van der Waals surface area contributed by atoms with Gasteiger partial charge >= 0.3 is 0 Å². The fourth-order valence-electron chi connectivity index (χ4n) is 2.74. The molecule has 1 nitrogen and oxygen atoms in total. The number of hydrogen-bond acceptors (Lipinski definition) is 1. The van der Waals surface area contributed by atoms with Gasteiger partial charge in [0.15, 0.2) is 0 Å². The summed E-state index contributed by atoms with van der Waals surface area (Å²) in [5.74, 6) is 0.709. The van der Waals surface area contributed by atoms with Crippen molar-refractivity contribution in [3.8, 4) is 0 Å². The highest BCUT2D eigenvalue weighted by molar-refractivity contribution is 5.25. The largest absolute Gasteiger partial charge is 0.324 e. The molecule has 0 spiro atoms. The maximum absolute atomic E-state index is 6.36. The molecule has 1 aliphatic rings. The van der Waals surface area contributed by atoms with Crippen LogP contribution in [-0.4, -0.2) is 0 Å². The quantitative estimate of drug-likeness (QED) is 0.818. The van der Waals surface area contributed by atoms with Gasteiger partial charge in [-0.3, -0.25) is 0 Å². The number of benzene rings is 1. The van der Waals surface area contributed by atoms with Crippen LogP contribution in [0.5, 0.6) is 0 Å². The summed E-state index contributed by atoms with van der Waals surface area (Å²) >= 11 is 0. The van der Waals surface area contributed by atoms with Crippen molar-refractivity contribution in [2.24, 2.45) is 11.7 Å². The molecule has 1 fully saturated rings. The molecule has 0 aliphatic heterocycles. The van der Waals surface area contributed by atoms with Crippen LogP contribution in [-0.2, 0) is 6.42 Å². The van der Waals surface area contributed by atoms with Crippen LogP contribution in [0.2, 0.25) is 0 Å². The van der Waals surface area contributed by atoms with Crippen molar-refractivity contribution in [1.82, 2.24) is 0 Å². The van der Waals surface area contributed by atoms with E-state index in [0.717, 1.165) is 6.42 Å². The topological polar surface area (TPSA) is 26.0 Å². The second-order valence-electron chi connectivity index (χ2n) is 5.02. The van der Waals surface area contributed by atoms with Crippen LogP contribution in [0.25, 0.3) is 0 Å². The molecule has 1 aromatic carbocycles. The van der Waals surface area contributed by atoms with E-state index in [1.807, 2.05) is 0 Å². The second kappa shape index (κ2) is 5.49. The van der Waals surface area contributed by atoms with Gasteiger partial charge in [-0.2, -0.15) is 0 Å². The van der Waals surface area contributed by atoms with E-state index in [1.54, 1.807) is 0 Å². The van der Waals surface area contributed by atoms with Crippen molar-refractivity contribution in [2.45, 2.75) is 51.5 Å². The van der Waals surface area contributed by atoms with E-state index in [0.29, 0.717) is 5.92 Å². The van der Waals surface area contributed by atoms with Gasteiger partial charge in [0.2, 0.25) is 0 Å². The van der Waals surface area contributed by atoms with Crippen molar-refractivity contribution >= 4 is 0 Å². The molecular formula is C15H23N. The first-order valence-electron chi connectivity index (χ1n) is 6.65. The summed E-state index contributed by atoms with van der Waals surface area (Å²) in [5.41, 5.74) is 9.09. The zero-order valence-corrected chi connectivity index (χ0v) is 10.3. The fraction of sp³-hybridized carbons (Fsp3) is 0.600. The van der Waals surface area contributed by atoms with E-state index in [9.17, 15) is 0 Å². The first-order valence-corrected chi connectivity index (χ1v) is 6.65. The van der Waals surface area contributed by atoms with Crippen molar-refractivity contribution in [3.63, 3.8) is 0 Å². The molecule has 0 radical (unpaired) electrons. The molecule has 1 aromatic rings. The van der Waals surface area contributed by atoms with E-state index in [1.165, 1.54) is 43.2 Å². The maximum Gasteiger partial charge on any atom is 0.0323 e. The molecule has 0 amide bonds. The highest BCUT2D eigenvalue weighted by atomic mass is 14.7. The molecular weight excluding hydrogens is 194 g/mol. The summed E-state index contributed by atoms with van der Waals surface area (Å²) in [6, 6.07) is 9.14. The first kappa shape index (κ1) is 11.7. The molecule has 0 heterocycles. The molecule has 1 atom stereocenters. The summed E-state index contributed by atoms with van der Waals surface area (Å²) < 4.78 is 0. The Hall–Kier alpha value is -0.820. The lowest BCUT2D eigenvalue weighted by Gasteiger charge is -2.27. The SMILES string of the molecule is CCc1ccc([C@H](N)C2CCCCC2)cc1. The molecule has 0 aromatic heterocycles. The van der Waals surface area contributed by atoms with Crippen LogP contribution in [0, 0.1) is 5.92 Å². The van der Waals surface area contributed by atoms with Gasteiger partial charge in [-0.05, 0) is 36.3 Å². The zero-order valence-electron chi connectivity index (χ0n) is 10.3. The monoisotopic (exact) mass is 217 g/mol. The highest BCUT2D eigenvalue weighted by Gasteiger charge is 2.21. The van der Waals surface area contributed by atoms with Crippen LogP contribution in [0.15, 0.2) is 24.3 Å². The Morgan fingerprint density at radius 3 is 2.31 bits per heavy atom. The van der Waals surface area contributed by atoms with Gasteiger partial charge in [0.25, 0.3) is 0 Å². The maximum atomic E-state index is 6.36.